The molecule has 0 aliphatic carbocycles. The first kappa shape index (κ1) is 20.9. The Morgan fingerprint density at radius 2 is 1.79 bits per heavy atom. The first-order chi connectivity index (χ1) is 13.9. The number of benzene rings is 2. The van der Waals surface area contributed by atoms with Gasteiger partial charge in [0.1, 0.15) is 16.3 Å². The van der Waals surface area contributed by atoms with E-state index in [1.165, 1.54) is 18.4 Å². The lowest BCUT2D eigenvalue weighted by molar-refractivity contribution is -0.118. The Hall–Kier alpha value is -2.83. The van der Waals surface area contributed by atoms with E-state index >= 15 is 0 Å². The monoisotopic (exact) mass is 429 g/mol. The first-order valence-electron chi connectivity index (χ1n) is 8.84. The van der Waals surface area contributed by atoms with E-state index in [1.807, 2.05) is 44.2 Å². The molecule has 0 saturated carbocycles. The lowest BCUT2D eigenvalue weighted by atomic mass is 10.0. The average Bonchev–Trinajstić information content (AvgIpc) is 3.12. The van der Waals surface area contributed by atoms with Gasteiger partial charge in [-0.2, -0.15) is 0 Å². The maximum Gasteiger partial charge on any atom is 0.341 e. The van der Waals surface area contributed by atoms with Crippen molar-refractivity contribution in [2.24, 2.45) is 0 Å². The molecule has 0 spiro atoms. The van der Waals surface area contributed by atoms with Crippen LogP contribution in [0.2, 0.25) is 5.02 Å². The lowest BCUT2D eigenvalue weighted by Crippen LogP contribution is -2.21. The normalized spacial score (nSPS) is 10.5. The fourth-order valence-electron chi connectivity index (χ4n) is 2.71. The summed E-state index contributed by atoms with van der Waals surface area (Å²) in [4.78, 5) is 24.8. The number of rotatable bonds is 6. The number of hydrogen-bond donors (Lipinski definition) is 1. The van der Waals surface area contributed by atoms with E-state index in [0.29, 0.717) is 26.9 Å². The number of esters is 1. The molecule has 0 aliphatic rings. The average molecular weight is 430 g/mol. The lowest BCUT2D eigenvalue weighted by Gasteiger charge is -2.10. The van der Waals surface area contributed by atoms with Crippen LogP contribution in [0.1, 0.15) is 21.5 Å². The molecule has 0 saturated heterocycles. The topological polar surface area (TPSA) is 64.6 Å². The number of carbonyl (C=O) groups is 2. The van der Waals surface area contributed by atoms with Gasteiger partial charge in [-0.15, -0.1) is 11.3 Å². The molecule has 3 rings (SSSR count). The molecule has 7 heteroatoms. The van der Waals surface area contributed by atoms with Gasteiger partial charge in [0.15, 0.2) is 6.61 Å². The van der Waals surface area contributed by atoms with E-state index in [-0.39, 0.29) is 12.5 Å². The van der Waals surface area contributed by atoms with E-state index in [1.54, 1.807) is 17.5 Å². The molecule has 1 aromatic heterocycles. The van der Waals surface area contributed by atoms with Crippen LogP contribution in [-0.4, -0.2) is 25.6 Å². The number of methoxy groups -OCH3 is 1. The summed E-state index contributed by atoms with van der Waals surface area (Å²) in [6.07, 6.45) is 0. The molecule has 1 N–H and O–H groups in total. The van der Waals surface area contributed by atoms with Crippen molar-refractivity contribution < 1.29 is 19.1 Å². The third-order valence-electron chi connectivity index (χ3n) is 4.44. The third-order valence-corrected chi connectivity index (χ3v) is 5.58. The highest BCUT2D eigenvalue weighted by atomic mass is 35.5. The predicted octanol–water partition coefficient (Wildman–Crippen LogP) is 5.49. The summed E-state index contributed by atoms with van der Waals surface area (Å²) < 4.78 is 10.5. The molecule has 0 fully saturated rings. The van der Waals surface area contributed by atoms with Crippen molar-refractivity contribution in [3.05, 3.63) is 69.6 Å². The molecule has 5 nitrogen and oxygen atoms in total. The number of halogens is 1. The summed E-state index contributed by atoms with van der Waals surface area (Å²) in [5.41, 5.74) is 4.01. The Labute approximate surface area is 178 Å². The Morgan fingerprint density at radius 3 is 2.45 bits per heavy atom. The summed E-state index contributed by atoms with van der Waals surface area (Å²) in [5.74, 6) is -0.274. The van der Waals surface area contributed by atoms with Crippen LogP contribution in [-0.2, 0) is 9.53 Å². The molecule has 29 heavy (non-hydrogen) atoms. The number of aryl methyl sites for hydroxylation is 2. The van der Waals surface area contributed by atoms with Crippen molar-refractivity contribution in [3.63, 3.8) is 0 Å². The fourth-order valence-corrected chi connectivity index (χ4v) is 3.81. The van der Waals surface area contributed by atoms with Crippen LogP contribution in [0.4, 0.5) is 5.00 Å². The van der Waals surface area contributed by atoms with Crippen LogP contribution in [0.15, 0.2) is 47.8 Å². The predicted molar refractivity (Wildman–Crippen MR) is 116 cm³/mol. The van der Waals surface area contributed by atoms with Gasteiger partial charge in [0.05, 0.1) is 7.11 Å². The van der Waals surface area contributed by atoms with Crippen LogP contribution in [0.5, 0.6) is 5.75 Å². The van der Waals surface area contributed by atoms with Gasteiger partial charge in [-0.1, -0.05) is 29.8 Å². The van der Waals surface area contributed by atoms with Gasteiger partial charge < -0.3 is 14.8 Å². The highest BCUT2D eigenvalue weighted by Gasteiger charge is 2.22. The number of anilines is 1. The minimum Gasteiger partial charge on any atom is -0.484 e. The van der Waals surface area contributed by atoms with Gasteiger partial charge in [-0.05, 0) is 54.8 Å². The van der Waals surface area contributed by atoms with Crippen molar-refractivity contribution in [1.82, 2.24) is 0 Å². The number of ether oxygens (including phenoxy) is 2. The van der Waals surface area contributed by atoms with Crippen LogP contribution in [0.3, 0.4) is 0 Å². The fraction of sp³-hybridized carbons (Fsp3) is 0.182. The Morgan fingerprint density at radius 1 is 1.07 bits per heavy atom. The SMILES string of the molecule is COC(=O)c1c(-c2ccc(Cl)cc2)csc1NC(=O)COc1ccc(C)c(C)c1. The van der Waals surface area contributed by atoms with Crippen LogP contribution in [0.25, 0.3) is 11.1 Å². The molecule has 1 amide bonds. The van der Waals surface area contributed by atoms with Gasteiger partial charge in [0, 0.05) is 16.0 Å². The zero-order chi connectivity index (χ0) is 21.0. The number of thiophene rings is 1. The highest BCUT2D eigenvalue weighted by Crippen LogP contribution is 2.36. The molecule has 2 aromatic carbocycles. The minimum absolute atomic E-state index is 0.169. The standard InChI is InChI=1S/C22H20ClNO4S/c1-13-4-9-17(10-14(13)2)28-11-19(25)24-21-20(22(26)27-3)18(12-29-21)15-5-7-16(23)8-6-15/h4-10,12H,11H2,1-3H3,(H,24,25). The molecule has 150 valence electrons. The van der Waals surface area contributed by atoms with E-state index in [9.17, 15) is 9.59 Å². The summed E-state index contributed by atoms with van der Waals surface area (Å²) in [6, 6.07) is 12.7. The minimum atomic E-state index is -0.526. The molecule has 0 aliphatic heterocycles. The van der Waals surface area contributed by atoms with E-state index in [0.717, 1.165) is 16.7 Å². The van der Waals surface area contributed by atoms with E-state index in [4.69, 9.17) is 21.1 Å². The number of hydrogen-bond acceptors (Lipinski definition) is 5. The van der Waals surface area contributed by atoms with Crippen LogP contribution < -0.4 is 10.1 Å². The first-order valence-corrected chi connectivity index (χ1v) is 10.1. The molecule has 3 aromatic rings. The van der Waals surface area contributed by atoms with Crippen molar-refractivity contribution >= 4 is 39.8 Å². The smallest absolute Gasteiger partial charge is 0.341 e. The summed E-state index contributed by atoms with van der Waals surface area (Å²) >= 11 is 7.20. The maximum atomic E-state index is 12.4. The van der Waals surface area contributed by atoms with Crippen molar-refractivity contribution in [2.75, 3.05) is 19.0 Å². The summed E-state index contributed by atoms with van der Waals surface area (Å²) in [7, 11) is 1.31. The van der Waals surface area contributed by atoms with Crippen LogP contribution >= 0.6 is 22.9 Å². The van der Waals surface area contributed by atoms with Crippen molar-refractivity contribution in [1.29, 1.82) is 0 Å². The van der Waals surface area contributed by atoms with E-state index < -0.39 is 5.97 Å². The van der Waals surface area contributed by atoms with Gasteiger partial charge in [-0.3, -0.25) is 4.79 Å². The highest BCUT2D eigenvalue weighted by molar-refractivity contribution is 7.15. The second-order valence-electron chi connectivity index (χ2n) is 6.43. The van der Waals surface area contributed by atoms with E-state index in [2.05, 4.69) is 5.32 Å². The summed E-state index contributed by atoms with van der Waals surface area (Å²) in [6.45, 7) is 3.82. The van der Waals surface area contributed by atoms with Gasteiger partial charge in [0.2, 0.25) is 0 Å². The second kappa shape index (κ2) is 9.11. The van der Waals surface area contributed by atoms with Gasteiger partial charge in [0.25, 0.3) is 5.91 Å². The third kappa shape index (κ3) is 4.96. The van der Waals surface area contributed by atoms with Crippen molar-refractivity contribution in [2.45, 2.75) is 13.8 Å². The van der Waals surface area contributed by atoms with Crippen molar-refractivity contribution in [3.8, 4) is 16.9 Å². The quantitative estimate of drug-likeness (QED) is 0.526. The molecule has 0 radical (unpaired) electrons. The summed E-state index contributed by atoms with van der Waals surface area (Å²) in [5, 5.41) is 5.56. The zero-order valence-corrected chi connectivity index (χ0v) is 17.8. The number of nitrogens with one attached hydrogen (secondary N) is 1. The number of amides is 1. The Balaban J connectivity index is 1.77. The molecule has 1 heterocycles. The Bertz CT molecular complexity index is 1040. The maximum absolute atomic E-state index is 12.4. The zero-order valence-electron chi connectivity index (χ0n) is 16.2. The van der Waals surface area contributed by atoms with Crippen LogP contribution in [0, 0.1) is 13.8 Å². The van der Waals surface area contributed by atoms with Gasteiger partial charge in [-0.25, -0.2) is 4.79 Å². The second-order valence-corrected chi connectivity index (χ2v) is 7.75. The molecular weight excluding hydrogens is 410 g/mol. The molecule has 0 atom stereocenters. The molecule has 0 unspecified atom stereocenters. The van der Waals surface area contributed by atoms with Gasteiger partial charge >= 0.3 is 5.97 Å². The molecule has 0 bridgehead atoms. The Kier molecular flexibility index (Phi) is 6.56. The molecular formula is C22H20ClNO4S. The number of carbonyl (C=O) groups excluding carboxylic acids is 2. The largest absolute Gasteiger partial charge is 0.484 e.